The number of nitrogens with zero attached hydrogens (tertiary/aromatic N) is 5. The average molecular weight is 497 g/mol. The molecule has 0 saturated heterocycles. The lowest BCUT2D eigenvalue weighted by Crippen LogP contribution is -2.15. The maximum Gasteiger partial charge on any atom is 0.433 e. The zero-order valence-electron chi connectivity index (χ0n) is 17.9. The topological polar surface area (TPSA) is 77.1 Å². The van der Waals surface area contributed by atoms with Crippen molar-refractivity contribution in [3.63, 3.8) is 0 Å². The van der Waals surface area contributed by atoms with Crippen LogP contribution in [0.25, 0.3) is 16.9 Å². The molecule has 35 heavy (non-hydrogen) atoms. The highest BCUT2D eigenvalue weighted by Crippen LogP contribution is 2.32. The van der Waals surface area contributed by atoms with Crippen molar-refractivity contribution in [3.05, 3.63) is 101 Å². The Kier molecular flexibility index (Phi) is 5.73. The monoisotopic (exact) mass is 496 g/mol. The number of hydrogen-bond donors (Lipinski definition) is 1. The molecule has 2 aromatic carbocycles. The molecule has 176 valence electrons. The van der Waals surface area contributed by atoms with E-state index >= 15 is 0 Å². The molecule has 0 radical (unpaired) electrons. The van der Waals surface area contributed by atoms with Crippen molar-refractivity contribution >= 4 is 28.8 Å². The van der Waals surface area contributed by atoms with Crippen LogP contribution >= 0.6 is 11.6 Å². The number of halogens is 4. The van der Waals surface area contributed by atoms with Crippen LogP contribution in [0.5, 0.6) is 0 Å². The molecule has 11 heteroatoms. The van der Waals surface area contributed by atoms with Gasteiger partial charge in [-0.3, -0.25) is 9.48 Å². The molecule has 3 heterocycles. The number of carbonyl (C=O) groups excluding carboxylic acids is 1. The van der Waals surface area contributed by atoms with Gasteiger partial charge in [-0.1, -0.05) is 54.1 Å². The van der Waals surface area contributed by atoms with Crippen molar-refractivity contribution in [2.24, 2.45) is 0 Å². The largest absolute Gasteiger partial charge is 0.433 e. The Balaban J connectivity index is 1.43. The van der Waals surface area contributed by atoms with E-state index in [4.69, 9.17) is 11.6 Å². The van der Waals surface area contributed by atoms with Gasteiger partial charge in [0.15, 0.2) is 17.0 Å². The second-order valence-corrected chi connectivity index (χ2v) is 8.13. The molecular formula is C24H16ClF3N6O. The van der Waals surface area contributed by atoms with Crippen LogP contribution < -0.4 is 5.32 Å². The van der Waals surface area contributed by atoms with Gasteiger partial charge in [0.25, 0.3) is 5.91 Å². The summed E-state index contributed by atoms with van der Waals surface area (Å²) in [6.45, 7) is 0.497. The molecule has 0 aliphatic heterocycles. The van der Waals surface area contributed by atoms with Gasteiger partial charge in [0.2, 0.25) is 0 Å². The van der Waals surface area contributed by atoms with E-state index in [0.717, 1.165) is 11.6 Å². The first-order valence-corrected chi connectivity index (χ1v) is 10.8. The number of benzene rings is 2. The third-order valence-electron chi connectivity index (χ3n) is 5.17. The van der Waals surface area contributed by atoms with Crippen LogP contribution in [0.15, 0.2) is 79.1 Å². The number of anilines is 1. The van der Waals surface area contributed by atoms with Crippen molar-refractivity contribution < 1.29 is 18.0 Å². The molecule has 0 aliphatic carbocycles. The molecule has 0 saturated carbocycles. The van der Waals surface area contributed by atoms with Crippen molar-refractivity contribution in [2.45, 2.75) is 12.7 Å². The summed E-state index contributed by atoms with van der Waals surface area (Å²) in [7, 11) is 0. The van der Waals surface area contributed by atoms with E-state index in [1.54, 1.807) is 35.1 Å². The Morgan fingerprint density at radius 1 is 1.03 bits per heavy atom. The minimum atomic E-state index is -4.72. The Morgan fingerprint density at radius 3 is 2.49 bits per heavy atom. The molecule has 1 amide bonds. The number of rotatable bonds is 5. The van der Waals surface area contributed by atoms with Crippen molar-refractivity contribution in [2.75, 3.05) is 5.32 Å². The van der Waals surface area contributed by atoms with Crippen LogP contribution in [0.4, 0.5) is 18.9 Å². The van der Waals surface area contributed by atoms with Gasteiger partial charge in [-0.15, -0.1) is 0 Å². The third kappa shape index (κ3) is 4.87. The van der Waals surface area contributed by atoms with Crippen LogP contribution in [0.3, 0.4) is 0 Å². The molecular weight excluding hydrogens is 481 g/mol. The SMILES string of the molecule is O=C(Nc1cnn(Cc2ccccc2)c1)c1cc2nc(-c3ccc(Cl)cc3)cc(C(F)(F)F)n2n1. The lowest BCUT2D eigenvalue weighted by atomic mass is 10.1. The summed E-state index contributed by atoms with van der Waals surface area (Å²) in [6.07, 6.45) is -1.64. The van der Waals surface area contributed by atoms with Gasteiger partial charge >= 0.3 is 6.18 Å². The van der Waals surface area contributed by atoms with E-state index in [9.17, 15) is 18.0 Å². The Labute approximate surface area is 201 Å². The number of nitrogens with one attached hydrogen (secondary N) is 1. The van der Waals surface area contributed by atoms with Crippen LogP contribution in [-0.4, -0.2) is 30.3 Å². The number of aromatic nitrogens is 5. The molecule has 0 atom stereocenters. The maximum atomic E-state index is 13.8. The maximum absolute atomic E-state index is 13.8. The highest BCUT2D eigenvalue weighted by molar-refractivity contribution is 6.30. The fourth-order valence-corrected chi connectivity index (χ4v) is 3.66. The van der Waals surface area contributed by atoms with Crippen LogP contribution in [0.2, 0.25) is 5.02 Å². The van der Waals surface area contributed by atoms with E-state index in [1.165, 1.54) is 12.3 Å². The van der Waals surface area contributed by atoms with Gasteiger partial charge in [-0.2, -0.15) is 23.4 Å². The standard InChI is InChI=1S/C24H16ClF3N6O/c25-17-8-6-16(7-9-17)19-10-21(24(26,27)28)34-22(31-19)11-20(32-34)23(35)30-18-12-29-33(14-18)13-15-4-2-1-3-5-15/h1-12,14H,13H2,(H,30,35). The van der Waals surface area contributed by atoms with Gasteiger partial charge < -0.3 is 5.32 Å². The average Bonchev–Trinajstić information content (AvgIpc) is 3.45. The first kappa shape index (κ1) is 22.6. The molecule has 3 aromatic heterocycles. The van der Waals surface area contributed by atoms with Crippen molar-refractivity contribution in [3.8, 4) is 11.3 Å². The fraction of sp³-hybridized carbons (Fsp3) is 0.0833. The summed E-state index contributed by atoms with van der Waals surface area (Å²) in [4.78, 5) is 17.0. The van der Waals surface area contributed by atoms with Crippen LogP contribution in [-0.2, 0) is 12.7 Å². The molecule has 0 spiro atoms. The van der Waals surface area contributed by atoms with Crippen molar-refractivity contribution in [1.29, 1.82) is 0 Å². The number of carbonyl (C=O) groups is 1. The Bertz CT molecular complexity index is 1510. The second-order valence-electron chi connectivity index (χ2n) is 7.70. The molecule has 0 aliphatic rings. The van der Waals surface area contributed by atoms with E-state index in [2.05, 4.69) is 20.5 Å². The highest BCUT2D eigenvalue weighted by Gasteiger charge is 2.35. The summed E-state index contributed by atoms with van der Waals surface area (Å²) in [6, 6.07) is 18.0. The first-order chi connectivity index (χ1) is 16.8. The summed E-state index contributed by atoms with van der Waals surface area (Å²) in [5.41, 5.74) is 0.546. The molecule has 7 nitrogen and oxygen atoms in total. The van der Waals surface area contributed by atoms with E-state index in [1.807, 2.05) is 30.3 Å². The van der Waals surface area contributed by atoms with Crippen LogP contribution in [0.1, 0.15) is 21.7 Å². The summed E-state index contributed by atoms with van der Waals surface area (Å²) < 4.78 is 43.6. The smallest absolute Gasteiger partial charge is 0.318 e. The second kappa shape index (κ2) is 8.88. The minimum absolute atomic E-state index is 0.0792. The molecule has 0 unspecified atom stereocenters. The van der Waals surface area contributed by atoms with Gasteiger partial charge in [0, 0.05) is 22.8 Å². The Morgan fingerprint density at radius 2 is 1.77 bits per heavy atom. The highest BCUT2D eigenvalue weighted by atomic mass is 35.5. The van der Waals surface area contributed by atoms with Gasteiger partial charge in [-0.25, -0.2) is 9.50 Å². The lowest BCUT2D eigenvalue weighted by Gasteiger charge is -2.11. The first-order valence-electron chi connectivity index (χ1n) is 10.4. The normalized spacial score (nSPS) is 11.7. The molecule has 5 aromatic rings. The minimum Gasteiger partial charge on any atom is -0.318 e. The quantitative estimate of drug-likeness (QED) is 0.345. The predicted molar refractivity (Wildman–Crippen MR) is 124 cm³/mol. The molecule has 0 fully saturated rings. The van der Waals surface area contributed by atoms with E-state index in [-0.39, 0.29) is 17.0 Å². The molecule has 5 rings (SSSR count). The van der Waals surface area contributed by atoms with Gasteiger partial charge in [0.05, 0.1) is 24.1 Å². The molecule has 1 N–H and O–H groups in total. The van der Waals surface area contributed by atoms with E-state index < -0.39 is 17.8 Å². The zero-order chi connectivity index (χ0) is 24.6. The molecule has 0 bridgehead atoms. The summed E-state index contributed by atoms with van der Waals surface area (Å²) >= 11 is 5.88. The predicted octanol–water partition coefficient (Wildman–Crippen LogP) is 5.57. The Hall–Kier alpha value is -4.18. The summed E-state index contributed by atoms with van der Waals surface area (Å²) in [5.74, 6) is -0.684. The number of alkyl halides is 3. The zero-order valence-corrected chi connectivity index (χ0v) is 18.6. The number of hydrogen-bond acceptors (Lipinski definition) is 4. The van der Waals surface area contributed by atoms with Gasteiger partial charge in [-0.05, 0) is 23.8 Å². The number of amides is 1. The van der Waals surface area contributed by atoms with Gasteiger partial charge in [0.1, 0.15) is 0 Å². The fourth-order valence-electron chi connectivity index (χ4n) is 3.54. The summed E-state index contributed by atoms with van der Waals surface area (Å²) in [5, 5.41) is 11.1. The van der Waals surface area contributed by atoms with E-state index in [0.29, 0.717) is 27.3 Å². The third-order valence-corrected chi connectivity index (χ3v) is 5.42. The van der Waals surface area contributed by atoms with Crippen LogP contribution in [0, 0.1) is 0 Å². The lowest BCUT2D eigenvalue weighted by molar-refractivity contribution is -0.142. The number of fused-ring (bicyclic) bond motifs is 1. The van der Waals surface area contributed by atoms with Crippen molar-refractivity contribution in [1.82, 2.24) is 24.4 Å².